The lowest BCUT2D eigenvalue weighted by molar-refractivity contribution is -0.123. The molecule has 1 amide bonds. The molecule has 0 spiro atoms. The van der Waals surface area contributed by atoms with Crippen LogP contribution in [0.15, 0.2) is 47.4 Å². The molecule has 2 fully saturated rings. The third kappa shape index (κ3) is 5.18. The number of carbonyl (C=O) groups excluding carboxylic acids is 1. The van der Waals surface area contributed by atoms with Gasteiger partial charge in [-0.2, -0.15) is 0 Å². The number of benzene rings is 2. The van der Waals surface area contributed by atoms with Crippen LogP contribution in [0.2, 0.25) is 10.0 Å². The fourth-order valence-electron chi connectivity index (χ4n) is 3.27. The Morgan fingerprint density at radius 1 is 1.23 bits per heavy atom. The number of rotatable bonds is 6. The van der Waals surface area contributed by atoms with Gasteiger partial charge < -0.3 is 9.47 Å². The molecule has 0 aromatic heterocycles. The first-order chi connectivity index (χ1) is 14.5. The van der Waals surface area contributed by atoms with Gasteiger partial charge >= 0.3 is 0 Å². The van der Waals surface area contributed by atoms with E-state index in [1.54, 1.807) is 17.0 Å². The summed E-state index contributed by atoms with van der Waals surface area (Å²) in [5.41, 5.74) is 1.81. The van der Waals surface area contributed by atoms with Gasteiger partial charge in [0, 0.05) is 11.6 Å². The van der Waals surface area contributed by atoms with Crippen LogP contribution in [0.4, 0.5) is 0 Å². The number of ether oxygens (including phenoxy) is 2. The Hall–Kier alpha value is -1.57. The summed E-state index contributed by atoms with van der Waals surface area (Å²) in [4.78, 5) is 15.0. The molecule has 2 aromatic rings. The minimum absolute atomic E-state index is 0.0679. The quantitative estimate of drug-likeness (QED) is 0.377. The number of hydrogen-bond donors (Lipinski definition) is 0. The van der Waals surface area contributed by atoms with Crippen molar-refractivity contribution in [3.05, 3.63) is 68.5 Å². The van der Waals surface area contributed by atoms with Crippen molar-refractivity contribution in [2.75, 3.05) is 13.2 Å². The summed E-state index contributed by atoms with van der Waals surface area (Å²) in [6.07, 6.45) is 3.87. The molecular weight excluding hydrogens is 461 g/mol. The molecule has 2 aromatic carbocycles. The van der Waals surface area contributed by atoms with E-state index < -0.39 is 0 Å². The molecule has 4 rings (SSSR count). The monoisotopic (exact) mass is 479 g/mol. The maximum absolute atomic E-state index is 12.8. The molecule has 0 N–H and O–H groups in total. The van der Waals surface area contributed by atoms with Crippen molar-refractivity contribution < 1.29 is 14.3 Å². The Bertz CT molecular complexity index is 988. The van der Waals surface area contributed by atoms with Gasteiger partial charge in [0.15, 0.2) is 0 Å². The summed E-state index contributed by atoms with van der Waals surface area (Å²) >= 11 is 19.0. The molecule has 4 nitrogen and oxygen atoms in total. The van der Waals surface area contributed by atoms with Crippen LogP contribution in [-0.2, 0) is 16.1 Å². The second-order valence-electron chi connectivity index (χ2n) is 7.03. The maximum Gasteiger partial charge on any atom is 0.266 e. The largest absolute Gasteiger partial charge is 0.487 e. The van der Waals surface area contributed by atoms with Gasteiger partial charge in [0.05, 0.1) is 22.6 Å². The van der Waals surface area contributed by atoms with Gasteiger partial charge in [-0.05, 0) is 54.3 Å². The molecule has 0 unspecified atom stereocenters. The predicted octanol–water partition coefficient (Wildman–Crippen LogP) is 5.95. The van der Waals surface area contributed by atoms with Gasteiger partial charge in [-0.3, -0.25) is 9.69 Å². The van der Waals surface area contributed by atoms with E-state index in [2.05, 4.69) is 0 Å². The minimum Gasteiger partial charge on any atom is -0.487 e. The Balaban J connectivity index is 1.42. The van der Waals surface area contributed by atoms with Gasteiger partial charge in [-0.25, -0.2) is 0 Å². The molecule has 0 bridgehead atoms. The van der Waals surface area contributed by atoms with Gasteiger partial charge in [0.25, 0.3) is 5.91 Å². The summed E-state index contributed by atoms with van der Waals surface area (Å²) in [6, 6.07) is 12.9. The van der Waals surface area contributed by atoms with Crippen LogP contribution in [0.1, 0.15) is 24.0 Å². The van der Waals surface area contributed by atoms with Crippen molar-refractivity contribution in [3.63, 3.8) is 0 Å². The highest BCUT2D eigenvalue weighted by Gasteiger charge is 2.34. The van der Waals surface area contributed by atoms with Crippen molar-refractivity contribution in [1.29, 1.82) is 0 Å². The highest BCUT2D eigenvalue weighted by molar-refractivity contribution is 8.26. The van der Waals surface area contributed by atoms with Crippen LogP contribution in [0.3, 0.4) is 0 Å². The van der Waals surface area contributed by atoms with Crippen LogP contribution in [0, 0.1) is 0 Å². The molecule has 0 saturated carbocycles. The number of hydrogen-bond acceptors (Lipinski definition) is 5. The van der Waals surface area contributed by atoms with Gasteiger partial charge in [-0.15, -0.1) is 0 Å². The zero-order valence-electron chi connectivity index (χ0n) is 16.0. The highest BCUT2D eigenvalue weighted by Crippen LogP contribution is 2.35. The normalized spacial score (nSPS) is 20.4. The van der Waals surface area contributed by atoms with Crippen LogP contribution >= 0.6 is 47.2 Å². The van der Waals surface area contributed by atoms with E-state index in [1.165, 1.54) is 11.8 Å². The standard InChI is InChI=1S/C22H19Cl2NO3S2/c23-16-6-3-14(4-7-16)13-28-19-8-5-15(10-18(19)24)11-20-21(26)25(22(29)30-20)12-17-2-1-9-27-17/h3-8,10-11,17H,1-2,9,12-13H2/b20-11-/t17-/m1/s1. The predicted molar refractivity (Wildman–Crippen MR) is 126 cm³/mol. The molecule has 2 aliphatic rings. The van der Waals surface area contributed by atoms with Crippen molar-refractivity contribution in [3.8, 4) is 5.75 Å². The first kappa shape index (κ1) is 21.7. The summed E-state index contributed by atoms with van der Waals surface area (Å²) < 4.78 is 12.0. The smallest absolute Gasteiger partial charge is 0.266 e. The number of thiocarbonyl (C=S) groups is 1. The topological polar surface area (TPSA) is 38.8 Å². The van der Waals surface area contributed by atoms with Gasteiger partial charge in [-0.1, -0.05) is 65.4 Å². The Morgan fingerprint density at radius 2 is 2.03 bits per heavy atom. The number of carbonyl (C=O) groups is 1. The first-order valence-corrected chi connectivity index (χ1v) is 11.5. The average Bonchev–Trinajstić information content (AvgIpc) is 3.33. The lowest BCUT2D eigenvalue weighted by atomic mass is 10.2. The number of thioether (sulfide) groups is 1. The fraction of sp³-hybridized carbons (Fsp3) is 0.273. The summed E-state index contributed by atoms with van der Waals surface area (Å²) in [6.45, 7) is 1.65. The Labute approximate surface area is 195 Å². The van der Waals surface area contributed by atoms with Crippen molar-refractivity contribution >= 4 is 63.5 Å². The summed E-state index contributed by atoms with van der Waals surface area (Å²) in [5, 5.41) is 1.16. The maximum atomic E-state index is 12.8. The Morgan fingerprint density at radius 3 is 2.73 bits per heavy atom. The molecule has 156 valence electrons. The molecule has 8 heteroatoms. The molecule has 30 heavy (non-hydrogen) atoms. The SMILES string of the molecule is O=C1/C(=C/c2ccc(OCc3ccc(Cl)cc3)c(Cl)c2)SC(=S)N1C[C@H]1CCCO1. The van der Waals surface area contributed by atoms with Crippen molar-refractivity contribution in [2.24, 2.45) is 0 Å². The molecule has 0 aliphatic carbocycles. The zero-order valence-corrected chi connectivity index (χ0v) is 19.1. The van der Waals surface area contributed by atoms with E-state index in [0.29, 0.717) is 38.2 Å². The third-order valence-electron chi connectivity index (χ3n) is 4.85. The second kappa shape index (κ2) is 9.71. The lowest BCUT2D eigenvalue weighted by Gasteiger charge is -2.18. The van der Waals surface area contributed by atoms with E-state index in [-0.39, 0.29) is 12.0 Å². The number of halogens is 2. The highest BCUT2D eigenvalue weighted by atomic mass is 35.5. The minimum atomic E-state index is -0.0836. The summed E-state index contributed by atoms with van der Waals surface area (Å²) in [7, 11) is 0. The molecule has 0 radical (unpaired) electrons. The van der Waals surface area contributed by atoms with E-state index in [1.807, 2.05) is 36.4 Å². The van der Waals surface area contributed by atoms with Crippen LogP contribution in [0.25, 0.3) is 6.08 Å². The summed E-state index contributed by atoms with van der Waals surface area (Å²) in [5.74, 6) is 0.495. The lowest BCUT2D eigenvalue weighted by Crippen LogP contribution is -2.35. The van der Waals surface area contributed by atoms with Gasteiger partial charge in [0.2, 0.25) is 0 Å². The molecular formula is C22H19Cl2NO3S2. The number of amides is 1. The van der Waals surface area contributed by atoms with Crippen LogP contribution in [0.5, 0.6) is 5.75 Å². The molecule has 2 aliphatic heterocycles. The number of nitrogens with zero attached hydrogens (tertiary/aromatic N) is 1. The van der Waals surface area contributed by atoms with Crippen molar-refractivity contribution in [2.45, 2.75) is 25.6 Å². The van der Waals surface area contributed by atoms with Gasteiger partial charge in [0.1, 0.15) is 16.7 Å². The van der Waals surface area contributed by atoms with E-state index in [4.69, 9.17) is 44.9 Å². The fourth-order valence-corrected chi connectivity index (χ4v) is 4.91. The molecule has 1 atom stereocenters. The van der Waals surface area contributed by atoms with E-state index in [9.17, 15) is 4.79 Å². The van der Waals surface area contributed by atoms with E-state index >= 15 is 0 Å². The molecule has 2 saturated heterocycles. The zero-order chi connectivity index (χ0) is 21.1. The van der Waals surface area contributed by atoms with Crippen molar-refractivity contribution in [1.82, 2.24) is 4.90 Å². The van der Waals surface area contributed by atoms with Crippen LogP contribution < -0.4 is 4.74 Å². The third-order valence-corrected chi connectivity index (χ3v) is 6.77. The Kier molecular flexibility index (Phi) is 7.01. The van der Waals surface area contributed by atoms with Crippen LogP contribution in [-0.4, -0.2) is 34.4 Å². The molecule has 2 heterocycles. The second-order valence-corrected chi connectivity index (χ2v) is 9.55. The first-order valence-electron chi connectivity index (χ1n) is 9.53. The van der Waals surface area contributed by atoms with E-state index in [0.717, 1.165) is 30.6 Å². The average molecular weight is 480 g/mol.